The average Bonchev–Trinajstić information content (AvgIpc) is 2.45. The minimum absolute atomic E-state index is 0.265. The van der Waals surface area contributed by atoms with Crippen molar-refractivity contribution in [3.63, 3.8) is 0 Å². The lowest BCUT2D eigenvalue weighted by atomic mass is 10.2. The highest BCUT2D eigenvalue weighted by atomic mass is 79.9. The number of benzene rings is 2. The lowest BCUT2D eigenvalue weighted by Gasteiger charge is -2.08. The van der Waals surface area contributed by atoms with Gasteiger partial charge >= 0.3 is 0 Å². The van der Waals surface area contributed by atoms with Crippen LogP contribution in [0.2, 0.25) is 0 Å². The van der Waals surface area contributed by atoms with Gasteiger partial charge in [0.25, 0.3) is 0 Å². The molecule has 0 amide bonds. The fourth-order valence-electron chi connectivity index (χ4n) is 1.56. The zero-order valence-electron chi connectivity index (χ0n) is 10.0. The predicted molar refractivity (Wildman–Crippen MR) is 75.8 cm³/mol. The highest BCUT2D eigenvalue weighted by Crippen LogP contribution is 2.15. The van der Waals surface area contributed by atoms with Gasteiger partial charge in [0.15, 0.2) is 6.79 Å². The third-order valence-corrected chi connectivity index (χ3v) is 3.12. The number of alkyl halides is 1. The van der Waals surface area contributed by atoms with Crippen LogP contribution in [0.5, 0.6) is 5.75 Å². The fourth-order valence-corrected chi connectivity index (χ4v) is 1.91. The first-order valence-electron chi connectivity index (χ1n) is 5.78. The number of halogens is 1. The van der Waals surface area contributed by atoms with Crippen molar-refractivity contribution in [2.45, 2.75) is 11.9 Å². The normalized spacial score (nSPS) is 10.3. The third-order valence-electron chi connectivity index (χ3n) is 2.47. The lowest BCUT2D eigenvalue weighted by Crippen LogP contribution is -2.03. The fraction of sp³-hybridized carbons (Fsp3) is 0.200. The molecular formula is C15H15BrO2. The van der Waals surface area contributed by atoms with Crippen molar-refractivity contribution in [2.24, 2.45) is 0 Å². The summed E-state index contributed by atoms with van der Waals surface area (Å²) >= 11 is 3.42. The van der Waals surface area contributed by atoms with Gasteiger partial charge in [-0.3, -0.25) is 0 Å². The Bertz CT molecular complexity index is 471. The van der Waals surface area contributed by atoms with Crippen molar-refractivity contribution in [1.82, 2.24) is 0 Å². The monoisotopic (exact) mass is 306 g/mol. The molecular weight excluding hydrogens is 292 g/mol. The second-order valence-corrected chi connectivity index (χ2v) is 4.44. The van der Waals surface area contributed by atoms with E-state index in [1.54, 1.807) is 0 Å². The molecule has 0 aliphatic heterocycles. The number of hydrogen-bond donors (Lipinski definition) is 0. The summed E-state index contributed by atoms with van der Waals surface area (Å²) in [5.41, 5.74) is 2.34. The molecule has 0 spiro atoms. The number of hydrogen-bond acceptors (Lipinski definition) is 2. The molecule has 0 aromatic heterocycles. The molecule has 2 nitrogen and oxygen atoms in total. The molecule has 0 N–H and O–H groups in total. The Hall–Kier alpha value is -1.32. The van der Waals surface area contributed by atoms with Crippen molar-refractivity contribution in [3.05, 3.63) is 65.7 Å². The van der Waals surface area contributed by atoms with Gasteiger partial charge < -0.3 is 9.47 Å². The van der Waals surface area contributed by atoms with Crippen LogP contribution in [-0.2, 0) is 16.7 Å². The number of rotatable bonds is 6. The van der Waals surface area contributed by atoms with Crippen LogP contribution >= 0.6 is 15.9 Å². The summed E-state index contributed by atoms with van der Waals surface area (Å²) in [6, 6.07) is 18.0. The predicted octanol–water partition coefficient (Wildman–Crippen LogP) is 4.13. The molecule has 18 heavy (non-hydrogen) atoms. The molecule has 0 fully saturated rings. The van der Waals surface area contributed by atoms with Gasteiger partial charge in [0, 0.05) is 5.33 Å². The van der Waals surface area contributed by atoms with Crippen molar-refractivity contribution < 1.29 is 9.47 Å². The van der Waals surface area contributed by atoms with Crippen LogP contribution in [0, 0.1) is 0 Å². The Kier molecular flexibility index (Phi) is 5.24. The van der Waals surface area contributed by atoms with E-state index >= 15 is 0 Å². The first-order valence-corrected chi connectivity index (χ1v) is 6.90. The molecule has 94 valence electrons. The van der Waals surface area contributed by atoms with Gasteiger partial charge in [0.2, 0.25) is 0 Å². The smallest absolute Gasteiger partial charge is 0.189 e. The maximum Gasteiger partial charge on any atom is 0.189 e. The summed E-state index contributed by atoms with van der Waals surface area (Å²) in [5.74, 6) is 0.833. The summed E-state index contributed by atoms with van der Waals surface area (Å²) in [4.78, 5) is 0. The van der Waals surface area contributed by atoms with Gasteiger partial charge in [-0.2, -0.15) is 0 Å². The largest absolute Gasteiger partial charge is 0.468 e. The highest BCUT2D eigenvalue weighted by molar-refractivity contribution is 9.08. The van der Waals surface area contributed by atoms with E-state index in [0.717, 1.165) is 16.6 Å². The molecule has 2 aromatic rings. The van der Waals surface area contributed by atoms with Crippen molar-refractivity contribution in [1.29, 1.82) is 0 Å². The molecule has 3 heteroatoms. The van der Waals surface area contributed by atoms with Crippen LogP contribution in [0.3, 0.4) is 0 Å². The average molecular weight is 307 g/mol. The minimum Gasteiger partial charge on any atom is -0.468 e. The van der Waals surface area contributed by atoms with Crippen LogP contribution in [0.1, 0.15) is 11.1 Å². The Morgan fingerprint density at radius 2 is 1.67 bits per heavy atom. The first-order chi connectivity index (χ1) is 8.88. The Balaban J connectivity index is 1.75. The van der Waals surface area contributed by atoms with Gasteiger partial charge in [-0.25, -0.2) is 0 Å². The molecule has 2 aromatic carbocycles. The number of ether oxygens (including phenoxy) is 2. The first kappa shape index (κ1) is 13.1. The van der Waals surface area contributed by atoms with Crippen molar-refractivity contribution >= 4 is 15.9 Å². The van der Waals surface area contributed by atoms with Crippen LogP contribution in [0.4, 0.5) is 0 Å². The van der Waals surface area contributed by atoms with Crippen LogP contribution in [0.25, 0.3) is 0 Å². The summed E-state index contributed by atoms with van der Waals surface area (Å²) in [6.07, 6.45) is 0. The Morgan fingerprint density at radius 1 is 0.889 bits per heavy atom. The minimum atomic E-state index is 0.265. The molecule has 0 heterocycles. The van der Waals surface area contributed by atoms with E-state index in [1.165, 1.54) is 5.56 Å². The van der Waals surface area contributed by atoms with E-state index in [-0.39, 0.29) is 6.79 Å². The quantitative estimate of drug-likeness (QED) is 0.454. The highest BCUT2D eigenvalue weighted by Gasteiger charge is 1.96. The van der Waals surface area contributed by atoms with Gasteiger partial charge in [0.05, 0.1) is 6.61 Å². The second kappa shape index (κ2) is 7.19. The lowest BCUT2D eigenvalue weighted by molar-refractivity contribution is 0.00502. The second-order valence-electron chi connectivity index (χ2n) is 3.88. The maximum atomic E-state index is 5.53. The zero-order valence-corrected chi connectivity index (χ0v) is 11.6. The van der Waals surface area contributed by atoms with Gasteiger partial charge in [-0.05, 0) is 23.3 Å². The Labute approximate surface area is 116 Å². The molecule has 2 rings (SSSR count). The standard InChI is InChI=1S/C15H15BrO2/c16-10-14-7-4-8-15(9-14)18-12-17-11-13-5-2-1-3-6-13/h1-9H,10-12H2. The van der Waals surface area contributed by atoms with Gasteiger partial charge in [0.1, 0.15) is 5.75 Å². The summed E-state index contributed by atoms with van der Waals surface area (Å²) in [5, 5.41) is 0.828. The van der Waals surface area contributed by atoms with Crippen LogP contribution in [0.15, 0.2) is 54.6 Å². The molecule has 0 aliphatic rings. The van der Waals surface area contributed by atoms with E-state index in [9.17, 15) is 0 Å². The molecule has 0 bridgehead atoms. The van der Waals surface area contributed by atoms with E-state index < -0.39 is 0 Å². The molecule has 0 atom stereocenters. The van der Waals surface area contributed by atoms with Crippen molar-refractivity contribution in [2.75, 3.05) is 6.79 Å². The maximum absolute atomic E-state index is 5.53. The van der Waals surface area contributed by atoms with Gasteiger partial charge in [-0.15, -0.1) is 0 Å². The molecule has 0 saturated carbocycles. The van der Waals surface area contributed by atoms with E-state index in [1.807, 2.05) is 54.6 Å². The zero-order chi connectivity index (χ0) is 12.6. The topological polar surface area (TPSA) is 18.5 Å². The van der Waals surface area contributed by atoms with Crippen molar-refractivity contribution in [3.8, 4) is 5.75 Å². The SMILES string of the molecule is BrCc1cccc(OCOCc2ccccc2)c1. The van der Waals surface area contributed by atoms with E-state index in [0.29, 0.717) is 6.61 Å². The van der Waals surface area contributed by atoms with Crippen LogP contribution < -0.4 is 4.74 Å². The third kappa shape index (κ3) is 4.17. The summed E-state index contributed by atoms with van der Waals surface area (Å²) in [6.45, 7) is 0.833. The summed E-state index contributed by atoms with van der Waals surface area (Å²) < 4.78 is 11.0. The molecule has 0 radical (unpaired) electrons. The molecule has 0 unspecified atom stereocenters. The van der Waals surface area contributed by atoms with Crippen LogP contribution in [-0.4, -0.2) is 6.79 Å². The van der Waals surface area contributed by atoms with E-state index in [2.05, 4.69) is 15.9 Å². The molecule has 0 saturated heterocycles. The Morgan fingerprint density at radius 3 is 2.44 bits per heavy atom. The summed E-state index contributed by atoms with van der Waals surface area (Å²) in [7, 11) is 0. The van der Waals surface area contributed by atoms with E-state index in [4.69, 9.17) is 9.47 Å². The van der Waals surface area contributed by atoms with Gasteiger partial charge in [-0.1, -0.05) is 58.4 Å². The molecule has 0 aliphatic carbocycles.